The Morgan fingerprint density at radius 3 is 1.73 bits per heavy atom. The van der Waals surface area contributed by atoms with Crippen molar-refractivity contribution in [2.75, 3.05) is 0 Å². The molecule has 1 nitrogen and oxygen atoms in total. The second-order valence-corrected chi connectivity index (χ2v) is 4.23. The molecule has 0 unspecified atom stereocenters. The second kappa shape index (κ2) is 4.37. The third-order valence-electron chi connectivity index (χ3n) is 2.19. The Labute approximate surface area is 109 Å². The number of halogens is 1. The van der Waals surface area contributed by atoms with Crippen LogP contribution in [0.3, 0.4) is 0 Å². The van der Waals surface area contributed by atoms with Gasteiger partial charge in [-0.15, -0.1) is 0 Å². The van der Waals surface area contributed by atoms with Crippen molar-refractivity contribution in [3.63, 3.8) is 0 Å². The van der Waals surface area contributed by atoms with E-state index in [1.165, 1.54) is 9.40 Å². The molecular formula is C12H8INS. The first-order chi connectivity index (χ1) is 6.93. The van der Waals surface area contributed by atoms with Gasteiger partial charge in [-0.2, -0.15) is 0 Å². The van der Waals surface area contributed by atoms with Crippen molar-refractivity contribution in [3.8, 4) is 0 Å². The lowest BCUT2D eigenvalue weighted by atomic mass is 10.3. The highest BCUT2D eigenvalue weighted by Crippen LogP contribution is 2.24. The Morgan fingerprint density at radius 2 is 1.20 bits per heavy atom. The maximum Gasteiger partial charge on any atom is 0.257 e. The summed E-state index contributed by atoms with van der Waals surface area (Å²) in [6.45, 7) is 0. The zero-order valence-electron chi connectivity index (χ0n) is 7.85. The van der Waals surface area contributed by atoms with Crippen LogP contribution in [0.1, 0.15) is 0 Å². The molecule has 1 heterocycles. The van der Waals surface area contributed by atoms with Gasteiger partial charge >= 0.3 is 0 Å². The molecule has 0 saturated heterocycles. The third kappa shape index (κ3) is 1.94. The van der Waals surface area contributed by atoms with Crippen LogP contribution in [-0.2, 0) is 0 Å². The molecule has 0 radical (unpaired) electrons. The number of aromatic nitrogens is 1. The lowest BCUT2D eigenvalue weighted by Gasteiger charge is -1.89. The molecule has 0 aliphatic carbocycles. The number of hydrogen-bond acceptors (Lipinski definition) is 1. The van der Waals surface area contributed by atoms with Crippen molar-refractivity contribution >= 4 is 31.8 Å². The quantitative estimate of drug-likeness (QED) is 0.337. The summed E-state index contributed by atoms with van der Waals surface area (Å²) >= 11 is 1.79. The van der Waals surface area contributed by atoms with Crippen LogP contribution in [-0.4, -0.2) is 4.98 Å². The first kappa shape index (κ1) is 10.7. The second-order valence-electron chi connectivity index (χ2n) is 3.15. The van der Waals surface area contributed by atoms with Crippen molar-refractivity contribution in [3.05, 3.63) is 48.5 Å². The van der Waals surface area contributed by atoms with Gasteiger partial charge in [-0.25, -0.2) is 4.98 Å². The lowest BCUT2D eigenvalue weighted by molar-refractivity contribution is -0.00000265. The van der Waals surface area contributed by atoms with Gasteiger partial charge in [-0.3, -0.25) is 0 Å². The molecule has 3 rings (SSSR count). The summed E-state index contributed by atoms with van der Waals surface area (Å²) in [4.78, 5) is 4.59. The van der Waals surface area contributed by atoms with Crippen LogP contribution in [0.2, 0.25) is 0 Å². The van der Waals surface area contributed by atoms with Crippen molar-refractivity contribution in [2.24, 2.45) is 0 Å². The molecule has 0 atom stereocenters. The fourth-order valence-electron chi connectivity index (χ4n) is 1.52. The molecule has 0 fully saturated rings. The highest BCUT2D eigenvalue weighted by molar-refractivity contribution is 7.24. The SMILES string of the molecule is [I-].c1ccc2[s+]c3ccccc3nc2c1. The van der Waals surface area contributed by atoms with Crippen LogP contribution in [0.15, 0.2) is 48.5 Å². The van der Waals surface area contributed by atoms with Crippen molar-refractivity contribution in [2.45, 2.75) is 0 Å². The summed E-state index contributed by atoms with van der Waals surface area (Å²) in [6, 6.07) is 16.5. The number of nitrogens with zero attached hydrogens (tertiary/aromatic N) is 1. The Morgan fingerprint density at radius 1 is 0.733 bits per heavy atom. The van der Waals surface area contributed by atoms with Crippen LogP contribution in [0.4, 0.5) is 0 Å². The minimum Gasteiger partial charge on any atom is -1.00 e. The average Bonchev–Trinajstić information content (AvgIpc) is 2.26. The Kier molecular flexibility index (Phi) is 3.11. The maximum absolute atomic E-state index is 4.59. The number of hydrogen-bond donors (Lipinski definition) is 0. The molecule has 3 aromatic rings. The smallest absolute Gasteiger partial charge is 0.257 e. The molecule has 15 heavy (non-hydrogen) atoms. The molecule has 1 aromatic heterocycles. The molecular weight excluding hydrogens is 317 g/mol. The predicted octanol–water partition coefficient (Wildman–Crippen LogP) is 0.735. The molecule has 0 amide bonds. The van der Waals surface area contributed by atoms with Crippen LogP contribution < -0.4 is 24.0 Å². The summed E-state index contributed by atoms with van der Waals surface area (Å²) in [5.41, 5.74) is 2.16. The molecule has 0 saturated carbocycles. The fraction of sp³-hybridized carbons (Fsp3) is 0. The van der Waals surface area contributed by atoms with E-state index in [4.69, 9.17) is 0 Å². The fourth-order valence-corrected chi connectivity index (χ4v) is 2.49. The van der Waals surface area contributed by atoms with E-state index in [9.17, 15) is 0 Å². The zero-order valence-corrected chi connectivity index (χ0v) is 10.8. The van der Waals surface area contributed by atoms with E-state index in [-0.39, 0.29) is 24.0 Å². The summed E-state index contributed by atoms with van der Waals surface area (Å²) in [6.07, 6.45) is 0. The van der Waals surface area contributed by atoms with Crippen LogP contribution >= 0.6 is 11.3 Å². The van der Waals surface area contributed by atoms with Gasteiger partial charge < -0.3 is 24.0 Å². The minimum absolute atomic E-state index is 0. The van der Waals surface area contributed by atoms with Gasteiger partial charge in [0.15, 0.2) is 0 Å². The standard InChI is InChI=1S/C12H8NS.HI/c1-3-7-11-9(5-1)13-10-6-2-4-8-12(10)14-11;/h1-8H;1H/q+1;/p-1. The molecule has 3 heteroatoms. The van der Waals surface area contributed by atoms with Gasteiger partial charge in [0.05, 0.1) is 0 Å². The summed E-state index contributed by atoms with van der Waals surface area (Å²) in [5, 5.41) is 0. The van der Waals surface area contributed by atoms with Crippen LogP contribution in [0.25, 0.3) is 20.4 Å². The van der Waals surface area contributed by atoms with Gasteiger partial charge in [0.2, 0.25) is 11.3 Å². The maximum atomic E-state index is 4.59. The van der Waals surface area contributed by atoms with E-state index in [2.05, 4.69) is 41.4 Å². The normalized spacial score (nSPS) is 10.1. The third-order valence-corrected chi connectivity index (χ3v) is 3.32. The summed E-state index contributed by atoms with van der Waals surface area (Å²) in [7, 11) is 0. The van der Waals surface area contributed by atoms with Crippen molar-refractivity contribution < 1.29 is 24.0 Å². The van der Waals surface area contributed by atoms with Crippen molar-refractivity contribution in [1.82, 2.24) is 4.98 Å². The molecule has 0 bridgehead atoms. The van der Waals surface area contributed by atoms with E-state index in [0.29, 0.717) is 0 Å². The van der Waals surface area contributed by atoms with Crippen LogP contribution in [0, 0.1) is 0 Å². The largest absolute Gasteiger partial charge is 1.00 e. The average molecular weight is 325 g/mol. The monoisotopic (exact) mass is 325 g/mol. The van der Waals surface area contributed by atoms with E-state index < -0.39 is 0 Å². The number of rotatable bonds is 0. The molecule has 0 N–H and O–H groups in total. The lowest BCUT2D eigenvalue weighted by Crippen LogP contribution is -3.00. The van der Waals surface area contributed by atoms with Crippen LogP contribution in [0.5, 0.6) is 0 Å². The number of benzene rings is 2. The Hall–Kier alpha value is -0.810. The summed E-state index contributed by atoms with van der Waals surface area (Å²) in [5.74, 6) is 0. The zero-order chi connectivity index (χ0) is 9.38. The van der Waals surface area contributed by atoms with E-state index in [0.717, 1.165) is 11.0 Å². The highest BCUT2D eigenvalue weighted by Gasteiger charge is 2.09. The van der Waals surface area contributed by atoms with Gasteiger partial charge in [-0.05, 0) is 12.1 Å². The first-order valence-corrected chi connectivity index (χ1v) is 5.33. The Bertz CT molecular complexity index is 504. The topological polar surface area (TPSA) is 12.9 Å². The highest BCUT2D eigenvalue weighted by atomic mass is 127. The predicted molar refractivity (Wildman–Crippen MR) is 61.5 cm³/mol. The van der Waals surface area contributed by atoms with Gasteiger partial charge in [0.1, 0.15) is 11.0 Å². The van der Waals surface area contributed by atoms with Gasteiger partial charge in [0.25, 0.3) is 9.40 Å². The molecule has 0 spiro atoms. The Balaban J connectivity index is 0.000000853. The van der Waals surface area contributed by atoms with E-state index in [1.807, 2.05) is 12.1 Å². The van der Waals surface area contributed by atoms with E-state index in [1.54, 1.807) is 11.3 Å². The molecule has 2 aromatic carbocycles. The molecule has 0 aliphatic heterocycles. The van der Waals surface area contributed by atoms with Gasteiger partial charge in [0, 0.05) is 12.1 Å². The molecule has 0 aliphatic rings. The first-order valence-electron chi connectivity index (χ1n) is 4.51. The number of para-hydroxylation sites is 2. The minimum atomic E-state index is 0. The summed E-state index contributed by atoms with van der Waals surface area (Å²) < 4.78 is 2.48. The van der Waals surface area contributed by atoms with Crippen molar-refractivity contribution in [1.29, 1.82) is 0 Å². The number of fused-ring (bicyclic) bond motifs is 2. The van der Waals surface area contributed by atoms with Gasteiger partial charge in [-0.1, -0.05) is 24.3 Å². The van der Waals surface area contributed by atoms with E-state index >= 15 is 0 Å². The molecule has 74 valence electrons.